The highest BCUT2D eigenvalue weighted by Gasteiger charge is 2.12. The normalized spacial score (nSPS) is 11.0. The molecule has 0 bridgehead atoms. The zero-order valence-electron chi connectivity index (χ0n) is 12.2. The van der Waals surface area contributed by atoms with Crippen molar-refractivity contribution in [3.8, 4) is 0 Å². The molecule has 1 aromatic heterocycles. The van der Waals surface area contributed by atoms with Gasteiger partial charge in [-0.05, 0) is 41.3 Å². The van der Waals surface area contributed by atoms with Crippen LogP contribution in [0.3, 0.4) is 0 Å². The average Bonchev–Trinajstić information content (AvgIpc) is 2.56. The first-order chi connectivity index (χ1) is 11.5. The molecule has 3 rings (SSSR count). The molecule has 0 aliphatic carbocycles. The second-order valence-electron chi connectivity index (χ2n) is 5.06. The highest BCUT2D eigenvalue weighted by atomic mass is 35.5. The first kappa shape index (κ1) is 16.7. The van der Waals surface area contributed by atoms with Gasteiger partial charge >= 0.3 is 0 Å². The van der Waals surface area contributed by atoms with E-state index in [4.69, 9.17) is 17.0 Å². The van der Waals surface area contributed by atoms with Crippen molar-refractivity contribution in [2.45, 2.75) is 10.8 Å². The monoisotopic (exact) mass is 364 g/mol. The predicted molar refractivity (Wildman–Crippen MR) is 93.4 cm³/mol. The Bertz CT molecular complexity index is 1000. The number of rotatable bonds is 4. The molecular formula is C17H11ClF2N2OS. The van der Waals surface area contributed by atoms with Crippen LogP contribution in [-0.4, -0.2) is 11.2 Å². The minimum atomic E-state index is -0.448. The second kappa shape index (κ2) is 6.75. The number of halogens is 3. The Morgan fingerprint density at radius 3 is 2.58 bits per heavy atom. The van der Waals surface area contributed by atoms with E-state index >= 15 is 0 Å². The maximum atomic E-state index is 13.6. The Balaban J connectivity index is 2.06. The molecule has 0 atom stereocenters. The molecule has 0 radical (unpaired) electrons. The fourth-order valence-corrected chi connectivity index (χ4v) is 3.65. The number of nitrogens with one attached hydrogen (secondary N) is 2. The van der Waals surface area contributed by atoms with Gasteiger partial charge in [-0.2, -0.15) is 0 Å². The number of benzene rings is 2. The molecule has 122 valence electrons. The molecule has 0 spiro atoms. The van der Waals surface area contributed by atoms with E-state index in [0.717, 1.165) is 6.21 Å². The fourth-order valence-electron chi connectivity index (χ4n) is 2.36. The molecule has 2 N–H and O–H groups in total. The summed E-state index contributed by atoms with van der Waals surface area (Å²) in [7, 11) is 0. The number of hydrogen-bond acceptors (Lipinski definition) is 3. The Labute approximate surface area is 145 Å². The van der Waals surface area contributed by atoms with Crippen LogP contribution < -0.4 is 5.56 Å². The molecule has 3 aromatic rings. The van der Waals surface area contributed by atoms with Crippen LogP contribution >= 0.6 is 23.4 Å². The van der Waals surface area contributed by atoms with E-state index in [-0.39, 0.29) is 5.56 Å². The lowest BCUT2D eigenvalue weighted by molar-refractivity contribution is 0.626. The molecule has 24 heavy (non-hydrogen) atoms. The van der Waals surface area contributed by atoms with Gasteiger partial charge in [0, 0.05) is 22.4 Å². The van der Waals surface area contributed by atoms with Crippen LogP contribution in [-0.2, 0) is 5.75 Å². The average molecular weight is 365 g/mol. The van der Waals surface area contributed by atoms with Crippen LogP contribution in [0.1, 0.15) is 11.1 Å². The van der Waals surface area contributed by atoms with Crippen LogP contribution in [0.25, 0.3) is 10.8 Å². The van der Waals surface area contributed by atoms with Gasteiger partial charge in [-0.3, -0.25) is 4.79 Å². The number of H-pyrrole nitrogens is 1. The van der Waals surface area contributed by atoms with E-state index in [0.29, 0.717) is 32.1 Å². The van der Waals surface area contributed by atoms with Gasteiger partial charge in [0.15, 0.2) is 0 Å². The summed E-state index contributed by atoms with van der Waals surface area (Å²) in [5.74, 6) is -0.545. The minimum absolute atomic E-state index is 0.165. The van der Waals surface area contributed by atoms with Gasteiger partial charge in [-0.25, -0.2) is 8.78 Å². The lowest BCUT2D eigenvalue weighted by Crippen LogP contribution is -2.13. The first-order valence-corrected chi connectivity index (χ1v) is 8.28. The van der Waals surface area contributed by atoms with E-state index in [1.54, 1.807) is 0 Å². The van der Waals surface area contributed by atoms with Crippen molar-refractivity contribution in [3.63, 3.8) is 0 Å². The zero-order chi connectivity index (χ0) is 17.3. The van der Waals surface area contributed by atoms with Crippen molar-refractivity contribution in [3.05, 3.63) is 74.5 Å². The van der Waals surface area contributed by atoms with E-state index < -0.39 is 17.2 Å². The second-order valence-corrected chi connectivity index (χ2v) is 6.45. The van der Waals surface area contributed by atoms with E-state index in [1.807, 2.05) is 0 Å². The summed E-state index contributed by atoms with van der Waals surface area (Å²) in [5.41, 5.74) is 0.304. The van der Waals surface area contributed by atoms with Gasteiger partial charge in [-0.15, -0.1) is 11.8 Å². The Morgan fingerprint density at radius 1 is 1.12 bits per heavy atom. The number of pyridine rings is 1. The van der Waals surface area contributed by atoms with Crippen LogP contribution in [0.5, 0.6) is 0 Å². The lowest BCUT2D eigenvalue weighted by atomic mass is 10.1. The topological polar surface area (TPSA) is 56.7 Å². The molecule has 0 saturated heterocycles. The summed E-state index contributed by atoms with van der Waals surface area (Å²) in [6, 6.07) is 8.07. The third-order valence-corrected chi connectivity index (χ3v) is 4.95. The Kier molecular flexibility index (Phi) is 4.69. The Hall–Kier alpha value is -2.18. The van der Waals surface area contributed by atoms with Crippen LogP contribution in [0.4, 0.5) is 8.78 Å². The molecular weight excluding hydrogens is 354 g/mol. The molecule has 0 fully saturated rings. The van der Waals surface area contributed by atoms with E-state index in [2.05, 4.69) is 4.98 Å². The highest BCUT2D eigenvalue weighted by Crippen LogP contribution is 2.31. The smallest absolute Gasteiger partial charge is 0.258 e. The van der Waals surface area contributed by atoms with Gasteiger partial charge < -0.3 is 10.4 Å². The Morgan fingerprint density at radius 2 is 1.83 bits per heavy atom. The van der Waals surface area contributed by atoms with Crippen molar-refractivity contribution in [1.29, 1.82) is 5.41 Å². The number of thioether (sulfide) groups is 1. The minimum Gasteiger partial charge on any atom is -0.316 e. The molecule has 0 unspecified atom stereocenters. The molecule has 0 saturated carbocycles. The standard InChI is InChI=1S/C17H11ClF2N2OS/c18-15-4-2-10(19)5-9(15)8-24-17-13-6-11(20)1-3-12(13)14(7-21)16(23)22-17/h1-7,21H,8H2,(H,22,23). The van der Waals surface area contributed by atoms with Crippen LogP contribution in [0, 0.1) is 17.0 Å². The number of fused-ring (bicyclic) bond motifs is 1. The summed E-state index contributed by atoms with van der Waals surface area (Å²) < 4.78 is 26.9. The third-order valence-electron chi connectivity index (χ3n) is 3.51. The molecule has 0 aliphatic rings. The molecule has 3 nitrogen and oxygen atoms in total. The molecule has 0 aliphatic heterocycles. The quantitative estimate of drug-likeness (QED) is 0.518. The summed E-state index contributed by atoms with van der Waals surface area (Å²) in [6.07, 6.45) is 0.941. The highest BCUT2D eigenvalue weighted by molar-refractivity contribution is 7.98. The van der Waals surface area contributed by atoms with Gasteiger partial charge in [0.25, 0.3) is 5.56 Å². The number of aromatic amines is 1. The molecule has 1 heterocycles. The number of aromatic nitrogens is 1. The van der Waals surface area contributed by atoms with Gasteiger partial charge in [-0.1, -0.05) is 17.7 Å². The van der Waals surface area contributed by atoms with Crippen molar-refractivity contribution < 1.29 is 8.78 Å². The van der Waals surface area contributed by atoms with Crippen molar-refractivity contribution in [2.75, 3.05) is 0 Å². The van der Waals surface area contributed by atoms with Crippen LogP contribution in [0.15, 0.2) is 46.2 Å². The van der Waals surface area contributed by atoms with Gasteiger partial charge in [0.1, 0.15) is 11.6 Å². The maximum absolute atomic E-state index is 13.6. The van der Waals surface area contributed by atoms with Crippen molar-refractivity contribution in [1.82, 2.24) is 4.98 Å². The molecule has 0 amide bonds. The van der Waals surface area contributed by atoms with E-state index in [1.165, 1.54) is 48.2 Å². The lowest BCUT2D eigenvalue weighted by Gasteiger charge is -2.09. The summed E-state index contributed by atoms with van der Waals surface area (Å²) >= 11 is 7.26. The summed E-state index contributed by atoms with van der Waals surface area (Å²) in [6.45, 7) is 0. The molecule has 2 aromatic carbocycles. The predicted octanol–water partition coefficient (Wildman–Crippen LogP) is 4.75. The summed E-state index contributed by atoms with van der Waals surface area (Å²) in [4.78, 5) is 14.8. The van der Waals surface area contributed by atoms with Crippen molar-refractivity contribution in [2.24, 2.45) is 0 Å². The summed E-state index contributed by atoms with van der Waals surface area (Å²) in [5, 5.41) is 9.21. The fraction of sp³-hybridized carbons (Fsp3) is 0.0588. The van der Waals surface area contributed by atoms with E-state index in [9.17, 15) is 13.6 Å². The van der Waals surface area contributed by atoms with Crippen LogP contribution in [0.2, 0.25) is 5.02 Å². The van der Waals surface area contributed by atoms with Gasteiger partial charge in [0.05, 0.1) is 10.6 Å². The first-order valence-electron chi connectivity index (χ1n) is 6.92. The SMILES string of the molecule is N=Cc1c(=O)[nH]c(SCc2cc(F)ccc2Cl)c2cc(F)ccc12. The van der Waals surface area contributed by atoms with Crippen molar-refractivity contribution >= 4 is 40.3 Å². The van der Waals surface area contributed by atoms with Gasteiger partial charge in [0.2, 0.25) is 0 Å². The number of hydrogen-bond donors (Lipinski definition) is 2. The maximum Gasteiger partial charge on any atom is 0.258 e. The zero-order valence-corrected chi connectivity index (χ0v) is 13.8. The molecule has 7 heteroatoms. The largest absolute Gasteiger partial charge is 0.316 e. The third kappa shape index (κ3) is 3.20.